The first-order chi connectivity index (χ1) is 15.1. The SMILES string of the molecule is CC(c1cccc(Br)c1)C(NP(=O)(c1ccccc1)c1ccccc1)c1ccccc1. The van der Waals surface area contributed by atoms with Gasteiger partial charge < -0.3 is 0 Å². The van der Waals surface area contributed by atoms with Crippen LogP contribution in [0.5, 0.6) is 0 Å². The maximum absolute atomic E-state index is 14.7. The molecule has 4 rings (SSSR count). The van der Waals surface area contributed by atoms with Gasteiger partial charge in [0.1, 0.15) is 0 Å². The molecule has 2 unspecified atom stereocenters. The second kappa shape index (κ2) is 9.78. The summed E-state index contributed by atoms with van der Waals surface area (Å²) in [5.74, 6) is 0.0978. The molecule has 0 saturated heterocycles. The minimum absolute atomic E-state index is 0.0978. The molecule has 0 amide bonds. The lowest BCUT2D eigenvalue weighted by Gasteiger charge is -2.31. The third-order valence-electron chi connectivity index (χ3n) is 5.59. The molecule has 2 atom stereocenters. The molecule has 0 bridgehead atoms. The second-order valence-electron chi connectivity index (χ2n) is 7.64. The van der Waals surface area contributed by atoms with Gasteiger partial charge in [-0.3, -0.25) is 9.65 Å². The van der Waals surface area contributed by atoms with Crippen molar-refractivity contribution in [2.75, 3.05) is 0 Å². The lowest BCUT2D eigenvalue weighted by molar-refractivity contribution is 0.523. The van der Waals surface area contributed by atoms with Gasteiger partial charge in [0, 0.05) is 27.0 Å². The molecule has 0 aliphatic heterocycles. The monoisotopic (exact) mass is 489 g/mol. The molecule has 0 heterocycles. The Balaban J connectivity index is 1.83. The van der Waals surface area contributed by atoms with Crippen LogP contribution in [0, 0.1) is 0 Å². The van der Waals surface area contributed by atoms with Crippen molar-refractivity contribution in [3.05, 3.63) is 131 Å². The molecule has 156 valence electrons. The van der Waals surface area contributed by atoms with Crippen LogP contribution in [0.1, 0.15) is 30.0 Å². The Morgan fingerprint density at radius 1 is 0.677 bits per heavy atom. The molecule has 0 radical (unpaired) electrons. The van der Waals surface area contributed by atoms with E-state index in [9.17, 15) is 4.57 Å². The van der Waals surface area contributed by atoms with E-state index in [4.69, 9.17) is 0 Å². The highest BCUT2D eigenvalue weighted by molar-refractivity contribution is 9.10. The highest BCUT2D eigenvalue weighted by atomic mass is 79.9. The molecule has 0 fully saturated rings. The van der Waals surface area contributed by atoms with Crippen molar-refractivity contribution in [1.82, 2.24) is 5.09 Å². The van der Waals surface area contributed by atoms with Gasteiger partial charge in [0.15, 0.2) is 0 Å². The van der Waals surface area contributed by atoms with E-state index in [1.54, 1.807) is 0 Å². The molecule has 0 saturated carbocycles. The Morgan fingerprint density at radius 3 is 1.68 bits per heavy atom. The van der Waals surface area contributed by atoms with Crippen molar-refractivity contribution in [3.63, 3.8) is 0 Å². The molecule has 4 aromatic rings. The smallest absolute Gasteiger partial charge is 0.205 e. The van der Waals surface area contributed by atoms with E-state index < -0.39 is 7.29 Å². The fourth-order valence-electron chi connectivity index (χ4n) is 3.89. The van der Waals surface area contributed by atoms with Gasteiger partial charge in [-0.15, -0.1) is 0 Å². The van der Waals surface area contributed by atoms with Crippen molar-refractivity contribution in [2.24, 2.45) is 0 Å². The highest BCUT2D eigenvalue weighted by Crippen LogP contribution is 2.45. The Bertz CT molecular complexity index is 1120. The summed E-state index contributed by atoms with van der Waals surface area (Å²) < 4.78 is 15.7. The Hall–Kier alpha value is -2.45. The van der Waals surface area contributed by atoms with Crippen LogP contribution in [0.2, 0.25) is 0 Å². The number of hydrogen-bond donors (Lipinski definition) is 1. The lowest BCUT2D eigenvalue weighted by Crippen LogP contribution is -2.33. The third-order valence-corrected chi connectivity index (χ3v) is 8.78. The number of nitrogens with one attached hydrogen (secondary N) is 1. The normalized spacial score (nSPS) is 13.5. The van der Waals surface area contributed by atoms with Gasteiger partial charge in [-0.2, -0.15) is 0 Å². The van der Waals surface area contributed by atoms with E-state index in [2.05, 4.69) is 52.2 Å². The topological polar surface area (TPSA) is 29.1 Å². The summed E-state index contributed by atoms with van der Waals surface area (Å²) in [6, 6.07) is 38.0. The fraction of sp³-hybridized carbons (Fsp3) is 0.111. The first-order valence-electron chi connectivity index (χ1n) is 10.4. The molecule has 0 aromatic heterocycles. The summed E-state index contributed by atoms with van der Waals surface area (Å²) in [5, 5.41) is 5.26. The Kier molecular flexibility index (Phi) is 6.87. The molecule has 4 aromatic carbocycles. The van der Waals surface area contributed by atoms with Gasteiger partial charge in [0.05, 0.1) is 0 Å². The van der Waals surface area contributed by atoms with Gasteiger partial charge >= 0.3 is 0 Å². The van der Waals surface area contributed by atoms with Crippen LogP contribution in [-0.2, 0) is 4.57 Å². The predicted octanol–water partition coefficient (Wildman–Crippen LogP) is 6.81. The van der Waals surface area contributed by atoms with Crippen LogP contribution in [-0.4, -0.2) is 0 Å². The van der Waals surface area contributed by atoms with Crippen molar-refractivity contribution in [3.8, 4) is 0 Å². The zero-order valence-electron chi connectivity index (χ0n) is 17.4. The molecule has 0 aliphatic carbocycles. The van der Waals surface area contributed by atoms with Crippen molar-refractivity contribution in [2.45, 2.75) is 18.9 Å². The minimum Gasteiger partial charge on any atom is -0.297 e. The van der Waals surface area contributed by atoms with Gasteiger partial charge in [-0.05, 0) is 47.5 Å². The Labute approximate surface area is 192 Å². The first kappa shape index (κ1) is 21.8. The number of hydrogen-bond acceptors (Lipinski definition) is 1. The predicted molar refractivity (Wildman–Crippen MR) is 135 cm³/mol. The van der Waals surface area contributed by atoms with Crippen LogP contribution >= 0.6 is 23.2 Å². The molecule has 4 heteroatoms. The van der Waals surface area contributed by atoms with Crippen LogP contribution < -0.4 is 15.7 Å². The molecular formula is C27H25BrNOP. The van der Waals surface area contributed by atoms with Crippen LogP contribution in [0.3, 0.4) is 0 Å². The zero-order valence-corrected chi connectivity index (χ0v) is 19.8. The van der Waals surface area contributed by atoms with Crippen molar-refractivity contribution < 1.29 is 4.57 Å². The van der Waals surface area contributed by atoms with E-state index in [1.165, 1.54) is 5.56 Å². The largest absolute Gasteiger partial charge is 0.297 e. The summed E-state index contributed by atoms with van der Waals surface area (Å²) in [5.41, 5.74) is 2.30. The van der Waals surface area contributed by atoms with Gasteiger partial charge in [0.25, 0.3) is 0 Å². The quantitative estimate of drug-likeness (QED) is 0.288. The van der Waals surface area contributed by atoms with Crippen LogP contribution in [0.4, 0.5) is 0 Å². The molecular weight excluding hydrogens is 465 g/mol. The number of halogens is 1. The molecule has 2 nitrogen and oxygen atoms in total. The highest BCUT2D eigenvalue weighted by Gasteiger charge is 2.33. The lowest BCUT2D eigenvalue weighted by atomic mass is 9.89. The second-order valence-corrected chi connectivity index (χ2v) is 11.1. The zero-order chi connectivity index (χ0) is 21.7. The van der Waals surface area contributed by atoms with E-state index in [1.807, 2.05) is 91.0 Å². The maximum Gasteiger partial charge on any atom is 0.205 e. The van der Waals surface area contributed by atoms with Gasteiger partial charge in [-0.25, -0.2) is 0 Å². The molecule has 0 aliphatic rings. The molecule has 0 spiro atoms. The van der Waals surface area contributed by atoms with E-state index in [0.717, 1.165) is 20.6 Å². The van der Waals surface area contributed by atoms with E-state index in [0.29, 0.717) is 0 Å². The number of rotatable bonds is 7. The summed E-state index contributed by atoms with van der Waals surface area (Å²) in [6.45, 7) is 2.19. The first-order valence-corrected chi connectivity index (χ1v) is 12.9. The van der Waals surface area contributed by atoms with Crippen molar-refractivity contribution >= 4 is 33.8 Å². The fourth-order valence-corrected chi connectivity index (χ4v) is 6.85. The van der Waals surface area contributed by atoms with Crippen molar-refractivity contribution in [1.29, 1.82) is 0 Å². The van der Waals surface area contributed by atoms with Gasteiger partial charge in [-0.1, -0.05) is 102 Å². The summed E-state index contributed by atoms with van der Waals surface area (Å²) in [6.07, 6.45) is 0. The number of benzene rings is 4. The third kappa shape index (κ3) is 4.91. The van der Waals surface area contributed by atoms with Gasteiger partial charge in [0.2, 0.25) is 7.29 Å². The molecule has 1 N–H and O–H groups in total. The summed E-state index contributed by atoms with van der Waals surface area (Å²) in [4.78, 5) is 0. The average Bonchev–Trinajstić information content (AvgIpc) is 2.83. The van der Waals surface area contributed by atoms with Crippen LogP contribution in [0.25, 0.3) is 0 Å². The van der Waals surface area contributed by atoms with E-state index >= 15 is 0 Å². The maximum atomic E-state index is 14.7. The minimum atomic E-state index is -3.09. The summed E-state index contributed by atoms with van der Waals surface area (Å²) >= 11 is 3.60. The standard InChI is InChI=1S/C27H25BrNOP/c1-21(23-14-11-15-24(28)20-23)27(22-12-5-2-6-13-22)29-31(30,25-16-7-3-8-17-25)26-18-9-4-10-19-26/h2-21,27H,1H3,(H,29,30). The average molecular weight is 490 g/mol. The summed E-state index contributed by atoms with van der Waals surface area (Å²) in [7, 11) is -3.09. The molecule has 31 heavy (non-hydrogen) atoms. The van der Waals surface area contributed by atoms with E-state index in [-0.39, 0.29) is 12.0 Å². The van der Waals surface area contributed by atoms with Crippen LogP contribution in [0.15, 0.2) is 120 Å². The Morgan fingerprint density at radius 2 is 1.16 bits per heavy atom.